The lowest BCUT2D eigenvalue weighted by Crippen LogP contribution is -2.51. The van der Waals surface area contributed by atoms with E-state index in [1.807, 2.05) is 6.20 Å². The molecule has 1 fully saturated rings. The summed E-state index contributed by atoms with van der Waals surface area (Å²) in [5.41, 5.74) is 2.12. The molecule has 7 heteroatoms. The molecule has 0 spiro atoms. The van der Waals surface area contributed by atoms with Crippen LogP contribution < -0.4 is 10.6 Å². The second-order valence-corrected chi connectivity index (χ2v) is 7.61. The normalized spacial score (nSPS) is 17.2. The molecule has 0 atom stereocenters. The number of aromatic amines is 1. The number of guanidine groups is 1. The van der Waals surface area contributed by atoms with Crippen LogP contribution in [-0.2, 0) is 11.2 Å². The Kier molecular flexibility index (Phi) is 6.91. The van der Waals surface area contributed by atoms with Crippen LogP contribution in [0, 0.1) is 5.82 Å². The molecule has 1 aromatic carbocycles. The van der Waals surface area contributed by atoms with Gasteiger partial charge in [0.15, 0.2) is 5.96 Å². The van der Waals surface area contributed by atoms with Crippen LogP contribution in [0.4, 0.5) is 4.39 Å². The quantitative estimate of drug-likeness (QED) is 0.503. The molecule has 0 saturated carbocycles. The Morgan fingerprint density at radius 2 is 2.07 bits per heavy atom. The van der Waals surface area contributed by atoms with Gasteiger partial charge in [-0.1, -0.05) is 0 Å². The first-order valence-corrected chi connectivity index (χ1v) is 10.1. The number of aromatic nitrogens is 1. The Balaban J connectivity index is 1.62. The van der Waals surface area contributed by atoms with Crippen molar-refractivity contribution in [3.05, 3.63) is 35.8 Å². The molecule has 0 radical (unpaired) electrons. The molecule has 6 nitrogen and oxygen atoms in total. The molecule has 0 amide bonds. The molecular weight excluding hydrogens is 357 g/mol. The van der Waals surface area contributed by atoms with Gasteiger partial charge in [-0.2, -0.15) is 0 Å². The number of benzene rings is 1. The van der Waals surface area contributed by atoms with Crippen LogP contribution in [0.2, 0.25) is 0 Å². The summed E-state index contributed by atoms with van der Waals surface area (Å²) in [6.45, 7) is 5.91. The van der Waals surface area contributed by atoms with E-state index >= 15 is 0 Å². The number of rotatable bonds is 7. The zero-order valence-electron chi connectivity index (χ0n) is 17.1. The average molecular weight is 390 g/mol. The molecule has 154 valence electrons. The summed E-state index contributed by atoms with van der Waals surface area (Å²) in [7, 11) is 4.24. The van der Waals surface area contributed by atoms with E-state index in [0.717, 1.165) is 74.5 Å². The second kappa shape index (κ2) is 9.39. The van der Waals surface area contributed by atoms with E-state index in [1.54, 1.807) is 12.1 Å². The predicted molar refractivity (Wildman–Crippen MR) is 112 cm³/mol. The topological polar surface area (TPSA) is 64.7 Å². The summed E-state index contributed by atoms with van der Waals surface area (Å²) >= 11 is 0. The van der Waals surface area contributed by atoms with Gasteiger partial charge in [-0.15, -0.1) is 0 Å². The monoisotopic (exact) mass is 389 g/mol. The molecule has 0 unspecified atom stereocenters. The molecule has 1 aliphatic heterocycles. The number of aliphatic imine (C=N–C) groups is 1. The van der Waals surface area contributed by atoms with Crippen molar-refractivity contribution in [2.24, 2.45) is 4.99 Å². The number of nitrogens with one attached hydrogen (secondary N) is 3. The lowest BCUT2D eigenvalue weighted by Gasteiger charge is -2.41. The van der Waals surface area contributed by atoms with Crippen LogP contribution in [0.1, 0.15) is 25.3 Å². The van der Waals surface area contributed by atoms with Crippen LogP contribution in [0.5, 0.6) is 0 Å². The number of nitrogens with zero attached hydrogens (tertiary/aromatic N) is 2. The van der Waals surface area contributed by atoms with Crippen molar-refractivity contribution < 1.29 is 9.13 Å². The van der Waals surface area contributed by atoms with Crippen molar-refractivity contribution in [2.45, 2.75) is 31.7 Å². The third-order valence-electron chi connectivity index (χ3n) is 5.66. The molecule has 3 rings (SSSR count). The van der Waals surface area contributed by atoms with E-state index in [9.17, 15) is 4.39 Å². The number of halogens is 1. The summed E-state index contributed by atoms with van der Waals surface area (Å²) < 4.78 is 19.1. The van der Waals surface area contributed by atoms with E-state index in [0.29, 0.717) is 0 Å². The number of hydrogen-bond acceptors (Lipinski definition) is 3. The zero-order chi connectivity index (χ0) is 20.0. The van der Waals surface area contributed by atoms with Gasteiger partial charge in [0.05, 0.1) is 6.54 Å². The Hall–Kier alpha value is -2.12. The largest absolute Gasteiger partial charge is 0.381 e. The van der Waals surface area contributed by atoms with Gasteiger partial charge in [-0.3, -0.25) is 4.99 Å². The minimum atomic E-state index is -0.207. The van der Waals surface area contributed by atoms with Crippen LogP contribution in [0.25, 0.3) is 10.9 Å². The number of likely N-dealkylation sites (N-methyl/N-ethyl adjacent to an activating group) is 1. The second-order valence-electron chi connectivity index (χ2n) is 7.61. The van der Waals surface area contributed by atoms with Gasteiger partial charge in [0.2, 0.25) is 0 Å². The summed E-state index contributed by atoms with van der Waals surface area (Å²) in [6.07, 6.45) is 4.73. The molecule has 1 aliphatic rings. The summed E-state index contributed by atoms with van der Waals surface area (Å²) in [5.74, 6) is 0.614. The lowest BCUT2D eigenvalue weighted by atomic mass is 9.89. The maximum atomic E-state index is 13.6. The minimum Gasteiger partial charge on any atom is -0.381 e. The van der Waals surface area contributed by atoms with Gasteiger partial charge < -0.3 is 25.3 Å². The molecule has 3 N–H and O–H groups in total. The smallest absolute Gasteiger partial charge is 0.191 e. The van der Waals surface area contributed by atoms with Gasteiger partial charge in [0.25, 0.3) is 0 Å². The highest BCUT2D eigenvalue weighted by Crippen LogP contribution is 2.26. The highest BCUT2D eigenvalue weighted by molar-refractivity contribution is 5.83. The van der Waals surface area contributed by atoms with Gasteiger partial charge >= 0.3 is 0 Å². The predicted octanol–water partition coefficient (Wildman–Crippen LogP) is 2.52. The van der Waals surface area contributed by atoms with Gasteiger partial charge in [0.1, 0.15) is 5.82 Å². The van der Waals surface area contributed by atoms with Crippen molar-refractivity contribution in [2.75, 3.05) is 46.9 Å². The van der Waals surface area contributed by atoms with Crippen molar-refractivity contribution in [1.82, 2.24) is 20.5 Å². The summed E-state index contributed by atoms with van der Waals surface area (Å²) in [6, 6.07) is 4.85. The third kappa shape index (κ3) is 4.83. The van der Waals surface area contributed by atoms with Crippen molar-refractivity contribution in [3.63, 3.8) is 0 Å². The fourth-order valence-corrected chi connectivity index (χ4v) is 3.74. The van der Waals surface area contributed by atoms with Crippen LogP contribution in [-0.4, -0.2) is 68.3 Å². The first kappa shape index (κ1) is 20.6. The molecule has 1 saturated heterocycles. The maximum Gasteiger partial charge on any atom is 0.191 e. The summed E-state index contributed by atoms with van der Waals surface area (Å²) in [5, 5.41) is 7.68. The first-order valence-electron chi connectivity index (χ1n) is 10.1. The van der Waals surface area contributed by atoms with E-state index in [4.69, 9.17) is 9.73 Å². The third-order valence-corrected chi connectivity index (χ3v) is 5.66. The molecule has 1 aromatic heterocycles. The number of H-pyrrole nitrogens is 1. The Morgan fingerprint density at radius 1 is 1.29 bits per heavy atom. The zero-order valence-corrected chi connectivity index (χ0v) is 17.1. The van der Waals surface area contributed by atoms with Crippen molar-refractivity contribution in [3.8, 4) is 0 Å². The number of ether oxygens (including phenoxy) is 1. The maximum absolute atomic E-state index is 13.6. The fourth-order valence-electron chi connectivity index (χ4n) is 3.74. The van der Waals surface area contributed by atoms with Gasteiger partial charge in [-0.25, -0.2) is 4.39 Å². The van der Waals surface area contributed by atoms with Crippen LogP contribution in [0.15, 0.2) is 29.4 Å². The summed E-state index contributed by atoms with van der Waals surface area (Å²) in [4.78, 5) is 10.3. The van der Waals surface area contributed by atoms with Crippen LogP contribution >= 0.6 is 0 Å². The molecule has 2 aromatic rings. The van der Waals surface area contributed by atoms with E-state index in [-0.39, 0.29) is 11.4 Å². The van der Waals surface area contributed by atoms with E-state index in [2.05, 4.69) is 41.5 Å². The van der Waals surface area contributed by atoms with Crippen molar-refractivity contribution in [1.29, 1.82) is 0 Å². The Bertz CT molecular complexity index is 795. The number of fused-ring (bicyclic) bond motifs is 1. The van der Waals surface area contributed by atoms with Gasteiger partial charge in [-0.05, 0) is 64.0 Å². The van der Waals surface area contributed by atoms with Crippen LogP contribution in [0.3, 0.4) is 0 Å². The van der Waals surface area contributed by atoms with E-state index in [1.165, 1.54) is 6.07 Å². The molecule has 0 aliphatic carbocycles. The molecular formula is C21H32FN5O. The molecule has 2 heterocycles. The standard InChI is InChI=1S/C21H32FN5O/c1-4-23-20(26-15-21(27(2)3)8-11-28-12-9-21)24-10-7-16-14-25-19-6-5-17(22)13-18(16)19/h5-6,13-14,25H,4,7-12,15H2,1-3H3,(H2,23,24,26). The van der Waals surface area contributed by atoms with E-state index < -0.39 is 0 Å². The molecule has 28 heavy (non-hydrogen) atoms. The van der Waals surface area contributed by atoms with Crippen molar-refractivity contribution >= 4 is 16.9 Å². The highest BCUT2D eigenvalue weighted by atomic mass is 19.1. The number of hydrogen-bond donors (Lipinski definition) is 3. The molecule has 0 bridgehead atoms. The lowest BCUT2D eigenvalue weighted by molar-refractivity contribution is -0.00254. The Morgan fingerprint density at radius 3 is 2.79 bits per heavy atom. The SMILES string of the molecule is CCNC(=NCC1(N(C)C)CCOCC1)NCCc1c[nH]c2ccc(F)cc12. The van der Waals surface area contributed by atoms with Gasteiger partial charge in [0, 0.05) is 48.9 Å². The first-order chi connectivity index (χ1) is 13.5. The highest BCUT2D eigenvalue weighted by Gasteiger charge is 2.34. The minimum absolute atomic E-state index is 0.0506. The Labute approximate surface area is 166 Å². The fraction of sp³-hybridized carbons (Fsp3) is 0.571. The average Bonchev–Trinajstić information content (AvgIpc) is 3.09.